The molecule has 1 N–H and O–H groups in total. The zero-order chi connectivity index (χ0) is 15.7. The number of carbonyl (C=O) groups excluding carboxylic acids is 1. The first-order valence-electron chi connectivity index (χ1n) is 7.13. The molecule has 1 aromatic heterocycles. The van der Waals surface area contributed by atoms with Gasteiger partial charge in [-0.2, -0.15) is 0 Å². The number of carbonyl (C=O) groups is 2. The summed E-state index contributed by atoms with van der Waals surface area (Å²) in [5.74, 6) is -1.35. The fourth-order valence-electron chi connectivity index (χ4n) is 2.83. The van der Waals surface area contributed by atoms with Crippen LogP contribution in [0.15, 0.2) is 30.5 Å². The number of carboxylic acids is 1. The molecule has 1 saturated heterocycles. The predicted octanol–water partition coefficient (Wildman–Crippen LogP) is 2.83. The van der Waals surface area contributed by atoms with Crippen molar-refractivity contribution < 1.29 is 14.7 Å². The molecule has 2 heterocycles. The molecule has 3 rings (SSSR count). The molecule has 1 aromatic carbocycles. The second-order valence-electron chi connectivity index (χ2n) is 5.40. The Morgan fingerprint density at radius 3 is 2.64 bits per heavy atom. The van der Waals surface area contributed by atoms with Crippen molar-refractivity contribution in [1.82, 2.24) is 9.88 Å². The quantitative estimate of drug-likeness (QED) is 0.924. The highest BCUT2D eigenvalue weighted by atomic mass is 35.5. The Kier molecular flexibility index (Phi) is 3.98. The number of likely N-dealkylation sites (tertiary alicyclic amines) is 1. The number of aromatic nitrogens is 1. The number of carboxylic acid groups (broad SMARTS) is 1. The number of aliphatic carboxylic acids is 1. The molecule has 114 valence electrons. The van der Waals surface area contributed by atoms with E-state index in [0.29, 0.717) is 42.0 Å². The third kappa shape index (κ3) is 2.64. The SMILES string of the molecule is O=C(O)C1CCN(C(=O)c2nccc3cccc(Cl)c23)CC1. The molecule has 0 aliphatic carbocycles. The van der Waals surface area contributed by atoms with Crippen molar-refractivity contribution in [1.29, 1.82) is 0 Å². The van der Waals surface area contributed by atoms with Gasteiger partial charge in [-0.25, -0.2) is 0 Å². The summed E-state index contributed by atoms with van der Waals surface area (Å²) in [4.78, 5) is 29.5. The third-order valence-electron chi connectivity index (χ3n) is 4.07. The lowest BCUT2D eigenvalue weighted by Gasteiger charge is -2.30. The van der Waals surface area contributed by atoms with E-state index in [9.17, 15) is 9.59 Å². The van der Waals surface area contributed by atoms with Crippen molar-refractivity contribution in [2.75, 3.05) is 13.1 Å². The van der Waals surface area contributed by atoms with Gasteiger partial charge < -0.3 is 10.0 Å². The molecule has 1 aliphatic heterocycles. The Labute approximate surface area is 132 Å². The van der Waals surface area contributed by atoms with Gasteiger partial charge in [-0.3, -0.25) is 14.6 Å². The summed E-state index contributed by atoms with van der Waals surface area (Å²) in [6, 6.07) is 7.27. The zero-order valence-corrected chi connectivity index (χ0v) is 12.6. The summed E-state index contributed by atoms with van der Waals surface area (Å²) in [5.41, 5.74) is 0.330. The van der Waals surface area contributed by atoms with E-state index in [4.69, 9.17) is 16.7 Å². The number of piperidine rings is 1. The molecule has 22 heavy (non-hydrogen) atoms. The molecule has 0 unspecified atom stereocenters. The van der Waals surface area contributed by atoms with Crippen LogP contribution in [0.25, 0.3) is 10.8 Å². The van der Waals surface area contributed by atoms with E-state index in [1.165, 1.54) is 0 Å². The number of fused-ring (bicyclic) bond motifs is 1. The maximum Gasteiger partial charge on any atom is 0.306 e. The molecular weight excluding hydrogens is 304 g/mol. The highest BCUT2D eigenvalue weighted by Gasteiger charge is 2.28. The Morgan fingerprint density at radius 1 is 1.23 bits per heavy atom. The molecule has 0 saturated carbocycles. The van der Waals surface area contributed by atoms with Gasteiger partial charge in [0.25, 0.3) is 5.91 Å². The van der Waals surface area contributed by atoms with Crippen molar-refractivity contribution in [2.24, 2.45) is 5.92 Å². The minimum atomic E-state index is -0.793. The number of pyridine rings is 1. The van der Waals surface area contributed by atoms with Crippen molar-refractivity contribution >= 4 is 34.2 Å². The fourth-order valence-corrected chi connectivity index (χ4v) is 3.10. The number of benzene rings is 1. The van der Waals surface area contributed by atoms with Crippen LogP contribution in [0.4, 0.5) is 0 Å². The summed E-state index contributed by atoms with van der Waals surface area (Å²) in [6.45, 7) is 0.858. The minimum Gasteiger partial charge on any atom is -0.481 e. The molecule has 1 aliphatic rings. The molecule has 6 heteroatoms. The van der Waals surface area contributed by atoms with Crippen LogP contribution >= 0.6 is 11.6 Å². The first-order valence-corrected chi connectivity index (χ1v) is 7.51. The number of nitrogens with zero attached hydrogens (tertiary/aromatic N) is 2. The van der Waals surface area contributed by atoms with Gasteiger partial charge in [-0.05, 0) is 30.4 Å². The lowest BCUT2D eigenvalue weighted by molar-refractivity contribution is -0.143. The highest BCUT2D eigenvalue weighted by molar-refractivity contribution is 6.36. The molecule has 0 atom stereocenters. The number of hydrogen-bond donors (Lipinski definition) is 1. The van der Waals surface area contributed by atoms with Crippen LogP contribution in [-0.2, 0) is 4.79 Å². The summed E-state index contributed by atoms with van der Waals surface area (Å²) < 4.78 is 0. The fraction of sp³-hybridized carbons (Fsp3) is 0.312. The van der Waals surface area contributed by atoms with Crippen LogP contribution in [0.3, 0.4) is 0 Å². The van der Waals surface area contributed by atoms with Gasteiger partial charge in [0.15, 0.2) is 0 Å². The van der Waals surface area contributed by atoms with Gasteiger partial charge in [-0.1, -0.05) is 23.7 Å². The average Bonchev–Trinajstić information content (AvgIpc) is 2.54. The van der Waals surface area contributed by atoms with E-state index in [2.05, 4.69) is 4.98 Å². The summed E-state index contributed by atoms with van der Waals surface area (Å²) in [5, 5.41) is 11.0. The van der Waals surface area contributed by atoms with Crippen LogP contribution in [0, 0.1) is 5.92 Å². The van der Waals surface area contributed by atoms with Gasteiger partial charge in [0.1, 0.15) is 5.69 Å². The van der Waals surface area contributed by atoms with Crippen molar-refractivity contribution in [3.63, 3.8) is 0 Å². The molecule has 0 spiro atoms. The molecule has 5 nitrogen and oxygen atoms in total. The predicted molar refractivity (Wildman–Crippen MR) is 83.0 cm³/mol. The maximum absolute atomic E-state index is 12.7. The van der Waals surface area contributed by atoms with E-state index >= 15 is 0 Å². The van der Waals surface area contributed by atoms with Crippen molar-refractivity contribution in [3.05, 3.63) is 41.2 Å². The largest absolute Gasteiger partial charge is 0.481 e. The standard InChI is InChI=1S/C16H15ClN2O3/c17-12-3-1-2-10-4-7-18-14(13(10)12)15(20)19-8-5-11(6-9-19)16(21)22/h1-4,7,11H,5-6,8-9H2,(H,21,22). The molecule has 0 bridgehead atoms. The smallest absolute Gasteiger partial charge is 0.306 e. The lowest BCUT2D eigenvalue weighted by Crippen LogP contribution is -2.40. The first-order chi connectivity index (χ1) is 10.6. The molecule has 1 fully saturated rings. The van der Waals surface area contributed by atoms with Crippen LogP contribution in [-0.4, -0.2) is 40.0 Å². The van der Waals surface area contributed by atoms with Crippen LogP contribution in [0.5, 0.6) is 0 Å². The Bertz CT molecular complexity index is 734. The molecule has 2 aromatic rings. The van der Waals surface area contributed by atoms with E-state index in [1.54, 1.807) is 17.2 Å². The zero-order valence-electron chi connectivity index (χ0n) is 11.8. The van der Waals surface area contributed by atoms with Gasteiger partial charge >= 0.3 is 5.97 Å². The number of hydrogen-bond acceptors (Lipinski definition) is 3. The van der Waals surface area contributed by atoms with Gasteiger partial charge in [0, 0.05) is 24.7 Å². The Hall–Kier alpha value is -2.14. The van der Waals surface area contributed by atoms with Crippen LogP contribution < -0.4 is 0 Å². The van der Waals surface area contributed by atoms with Gasteiger partial charge in [-0.15, -0.1) is 0 Å². The molecular formula is C16H15ClN2O3. The maximum atomic E-state index is 12.7. The number of rotatable bonds is 2. The van der Waals surface area contributed by atoms with Crippen LogP contribution in [0.1, 0.15) is 23.3 Å². The number of halogens is 1. The topological polar surface area (TPSA) is 70.5 Å². The molecule has 1 amide bonds. The number of amides is 1. The normalized spacial score (nSPS) is 16.0. The van der Waals surface area contributed by atoms with E-state index in [1.807, 2.05) is 18.2 Å². The molecule has 0 radical (unpaired) electrons. The average molecular weight is 319 g/mol. The Morgan fingerprint density at radius 2 is 1.95 bits per heavy atom. The summed E-state index contributed by atoms with van der Waals surface area (Å²) >= 11 is 6.22. The van der Waals surface area contributed by atoms with Gasteiger partial charge in [0.2, 0.25) is 0 Å². The van der Waals surface area contributed by atoms with E-state index < -0.39 is 5.97 Å². The van der Waals surface area contributed by atoms with Crippen LogP contribution in [0.2, 0.25) is 5.02 Å². The minimum absolute atomic E-state index is 0.192. The third-order valence-corrected chi connectivity index (χ3v) is 4.39. The van der Waals surface area contributed by atoms with E-state index in [0.717, 1.165) is 5.39 Å². The second kappa shape index (κ2) is 5.93. The second-order valence-corrected chi connectivity index (χ2v) is 5.81. The van der Waals surface area contributed by atoms with Crippen molar-refractivity contribution in [3.8, 4) is 0 Å². The summed E-state index contributed by atoms with van der Waals surface area (Å²) in [7, 11) is 0. The monoisotopic (exact) mass is 318 g/mol. The summed E-state index contributed by atoms with van der Waals surface area (Å²) in [6.07, 6.45) is 2.54. The Balaban J connectivity index is 1.89. The van der Waals surface area contributed by atoms with Crippen molar-refractivity contribution in [2.45, 2.75) is 12.8 Å². The first kappa shape index (κ1) is 14.8. The lowest BCUT2D eigenvalue weighted by atomic mass is 9.96. The van der Waals surface area contributed by atoms with Gasteiger partial charge in [0.05, 0.1) is 10.9 Å². The highest BCUT2D eigenvalue weighted by Crippen LogP contribution is 2.27. The van der Waals surface area contributed by atoms with E-state index in [-0.39, 0.29) is 11.8 Å².